The van der Waals surface area contributed by atoms with Crippen LogP contribution in [-0.2, 0) is 4.79 Å². The van der Waals surface area contributed by atoms with Crippen molar-refractivity contribution in [3.05, 3.63) is 108 Å². The normalized spacial score (nSPS) is 14.0. The molecular weight excluding hydrogens is 600 g/mol. The number of amides is 3. The molecule has 12 heteroatoms. The highest BCUT2D eigenvalue weighted by Crippen LogP contribution is 2.32. The number of nitrogens with one attached hydrogen (secondary N) is 1. The zero-order valence-electron chi connectivity index (χ0n) is 21.4. The van der Waals surface area contributed by atoms with Gasteiger partial charge in [-0.25, -0.2) is 0 Å². The second-order valence-electron chi connectivity index (χ2n) is 8.87. The molecule has 1 heterocycles. The van der Waals surface area contributed by atoms with E-state index in [4.69, 9.17) is 0 Å². The number of hydrogen-bond donors (Lipinski definition) is 1. The van der Waals surface area contributed by atoms with Crippen LogP contribution in [0.25, 0.3) is 6.08 Å². The molecule has 0 radical (unpaired) electrons. The maximum atomic E-state index is 13.3. The fraction of sp³-hybridized carbons (Fsp3) is 0.143. The molecule has 0 aromatic heterocycles. The summed E-state index contributed by atoms with van der Waals surface area (Å²) in [5.74, 6) is -1.59. The van der Waals surface area contributed by atoms with Crippen LogP contribution in [0, 0.1) is 10.1 Å². The SMILES string of the molecule is CN(C)c1ccc(C(=O)c2ccccc2C(=O)NCCN2C(=O)S/C(=C/c3cccc(Br)c3)C2=O)cc1[N+](=O)[O-]. The van der Waals surface area contributed by atoms with E-state index in [1.807, 2.05) is 24.3 Å². The highest BCUT2D eigenvalue weighted by atomic mass is 79.9. The summed E-state index contributed by atoms with van der Waals surface area (Å²) in [5, 5.41) is 13.8. The smallest absolute Gasteiger partial charge is 0.293 e. The lowest BCUT2D eigenvalue weighted by Crippen LogP contribution is -2.37. The van der Waals surface area contributed by atoms with Crippen LogP contribution in [0.5, 0.6) is 0 Å². The summed E-state index contributed by atoms with van der Waals surface area (Å²) in [7, 11) is 3.32. The quantitative estimate of drug-likeness (QED) is 0.151. The fourth-order valence-corrected chi connectivity index (χ4v) is 5.32. The molecule has 0 saturated carbocycles. The third kappa shape index (κ3) is 6.29. The van der Waals surface area contributed by atoms with Gasteiger partial charge in [0, 0.05) is 48.9 Å². The third-order valence-electron chi connectivity index (χ3n) is 5.97. The summed E-state index contributed by atoms with van der Waals surface area (Å²) in [6.07, 6.45) is 1.63. The second-order valence-corrected chi connectivity index (χ2v) is 10.8. The number of carbonyl (C=O) groups excluding carboxylic acids is 4. The molecule has 10 nitrogen and oxygen atoms in total. The van der Waals surface area contributed by atoms with E-state index in [-0.39, 0.29) is 40.4 Å². The maximum absolute atomic E-state index is 13.3. The average Bonchev–Trinajstić information content (AvgIpc) is 3.19. The van der Waals surface area contributed by atoms with E-state index in [1.165, 1.54) is 30.3 Å². The molecule has 1 N–H and O–H groups in total. The average molecular weight is 623 g/mol. The molecule has 1 aliphatic rings. The molecule has 4 rings (SSSR count). The van der Waals surface area contributed by atoms with Crippen LogP contribution < -0.4 is 10.2 Å². The predicted molar refractivity (Wildman–Crippen MR) is 156 cm³/mol. The number of benzene rings is 3. The number of imide groups is 1. The topological polar surface area (TPSA) is 130 Å². The Morgan fingerprint density at radius 2 is 1.77 bits per heavy atom. The van der Waals surface area contributed by atoms with E-state index >= 15 is 0 Å². The first kappa shape index (κ1) is 28.7. The zero-order chi connectivity index (χ0) is 29.0. The van der Waals surface area contributed by atoms with E-state index in [9.17, 15) is 29.3 Å². The first-order valence-electron chi connectivity index (χ1n) is 12.0. The first-order chi connectivity index (χ1) is 19.1. The van der Waals surface area contributed by atoms with Gasteiger partial charge in [0.15, 0.2) is 5.78 Å². The Morgan fingerprint density at radius 3 is 2.45 bits per heavy atom. The van der Waals surface area contributed by atoms with Crippen LogP contribution >= 0.6 is 27.7 Å². The van der Waals surface area contributed by atoms with Crippen molar-refractivity contribution in [2.75, 3.05) is 32.1 Å². The number of carbonyl (C=O) groups is 4. The van der Waals surface area contributed by atoms with Crippen LogP contribution in [0.4, 0.5) is 16.2 Å². The van der Waals surface area contributed by atoms with Gasteiger partial charge in [-0.3, -0.25) is 34.2 Å². The molecule has 3 aromatic carbocycles. The van der Waals surface area contributed by atoms with Crippen molar-refractivity contribution in [3.63, 3.8) is 0 Å². The van der Waals surface area contributed by atoms with Gasteiger partial charge >= 0.3 is 0 Å². The first-order valence-corrected chi connectivity index (χ1v) is 13.6. The summed E-state index contributed by atoms with van der Waals surface area (Å²) in [5.41, 5.74) is 1.06. The van der Waals surface area contributed by atoms with Crippen molar-refractivity contribution in [2.45, 2.75) is 0 Å². The molecule has 40 heavy (non-hydrogen) atoms. The van der Waals surface area contributed by atoms with Crippen LogP contribution in [0.15, 0.2) is 76.1 Å². The number of anilines is 1. The largest absolute Gasteiger partial charge is 0.372 e. The van der Waals surface area contributed by atoms with E-state index < -0.39 is 27.8 Å². The zero-order valence-corrected chi connectivity index (χ0v) is 23.8. The second kappa shape index (κ2) is 12.3. The number of nitro benzene ring substituents is 1. The molecule has 3 aromatic rings. The minimum atomic E-state index is -0.583. The number of thioether (sulfide) groups is 1. The predicted octanol–water partition coefficient (Wildman–Crippen LogP) is 5.12. The Balaban J connectivity index is 1.45. The Hall–Kier alpha value is -4.29. The van der Waals surface area contributed by atoms with Gasteiger partial charge in [-0.05, 0) is 53.7 Å². The van der Waals surface area contributed by atoms with Gasteiger partial charge in [-0.2, -0.15) is 0 Å². The number of ketones is 1. The molecule has 204 valence electrons. The number of nitrogens with zero attached hydrogens (tertiary/aromatic N) is 3. The summed E-state index contributed by atoms with van der Waals surface area (Å²) < 4.78 is 0.839. The van der Waals surface area contributed by atoms with E-state index in [2.05, 4.69) is 21.2 Å². The van der Waals surface area contributed by atoms with Gasteiger partial charge in [-0.1, -0.05) is 46.3 Å². The Kier molecular flexibility index (Phi) is 8.80. The Bertz CT molecular complexity index is 1570. The maximum Gasteiger partial charge on any atom is 0.293 e. The Labute approximate surface area is 242 Å². The van der Waals surface area contributed by atoms with Crippen LogP contribution in [0.2, 0.25) is 0 Å². The Morgan fingerprint density at radius 1 is 1.05 bits per heavy atom. The van der Waals surface area contributed by atoms with Gasteiger partial charge in [0.25, 0.3) is 22.7 Å². The van der Waals surface area contributed by atoms with E-state index in [0.29, 0.717) is 5.69 Å². The van der Waals surface area contributed by atoms with Gasteiger partial charge in [0.2, 0.25) is 0 Å². The highest BCUT2D eigenvalue weighted by molar-refractivity contribution is 9.10. The molecular formula is C28H23BrN4O6S. The van der Waals surface area contributed by atoms with Gasteiger partial charge in [-0.15, -0.1) is 0 Å². The molecule has 0 atom stereocenters. The summed E-state index contributed by atoms with van der Waals surface area (Å²) in [4.78, 5) is 65.4. The molecule has 1 saturated heterocycles. The number of halogens is 1. The van der Waals surface area contributed by atoms with E-state index in [0.717, 1.165) is 26.7 Å². The summed E-state index contributed by atoms with van der Waals surface area (Å²) >= 11 is 4.20. The molecule has 0 unspecified atom stereocenters. The van der Waals surface area contributed by atoms with Gasteiger partial charge < -0.3 is 10.2 Å². The van der Waals surface area contributed by atoms with Crippen LogP contribution in [-0.4, -0.2) is 59.8 Å². The van der Waals surface area contributed by atoms with Crippen LogP contribution in [0.3, 0.4) is 0 Å². The van der Waals surface area contributed by atoms with Gasteiger partial charge in [0.05, 0.1) is 15.4 Å². The minimum Gasteiger partial charge on any atom is -0.372 e. The molecule has 0 bridgehead atoms. The van der Waals surface area contributed by atoms with Crippen molar-refractivity contribution in [1.29, 1.82) is 0 Å². The standard InChI is InChI=1S/C28H23BrN4O6S/c1-31(2)22-11-10-18(16-23(22)33(38)39)25(34)20-8-3-4-9-21(20)26(35)30-12-13-32-27(36)24(40-28(32)37)15-17-6-5-7-19(29)14-17/h3-11,14-16H,12-13H2,1-2H3,(H,30,35)/b24-15+. The molecule has 1 aliphatic heterocycles. The molecule has 3 amide bonds. The highest BCUT2D eigenvalue weighted by Gasteiger charge is 2.34. The molecule has 0 spiro atoms. The number of rotatable bonds is 9. The van der Waals surface area contributed by atoms with Crippen molar-refractivity contribution in [1.82, 2.24) is 10.2 Å². The van der Waals surface area contributed by atoms with Crippen molar-refractivity contribution in [3.8, 4) is 0 Å². The van der Waals surface area contributed by atoms with Crippen molar-refractivity contribution >= 4 is 68.0 Å². The monoisotopic (exact) mass is 622 g/mol. The lowest BCUT2D eigenvalue weighted by molar-refractivity contribution is -0.384. The third-order valence-corrected chi connectivity index (χ3v) is 7.37. The van der Waals surface area contributed by atoms with Crippen molar-refractivity contribution < 1.29 is 24.1 Å². The summed E-state index contributed by atoms with van der Waals surface area (Å²) in [6.45, 7) is -0.0902. The molecule has 0 aliphatic carbocycles. The van der Waals surface area contributed by atoms with E-state index in [1.54, 1.807) is 37.2 Å². The fourth-order valence-electron chi connectivity index (χ4n) is 4.04. The molecule has 1 fully saturated rings. The minimum absolute atomic E-state index is 0.0352. The van der Waals surface area contributed by atoms with Crippen molar-refractivity contribution in [2.24, 2.45) is 0 Å². The lowest BCUT2D eigenvalue weighted by Gasteiger charge is -2.15. The number of hydrogen-bond acceptors (Lipinski definition) is 8. The number of nitro groups is 1. The van der Waals surface area contributed by atoms with Crippen LogP contribution in [0.1, 0.15) is 31.8 Å². The van der Waals surface area contributed by atoms with Gasteiger partial charge in [0.1, 0.15) is 5.69 Å². The lowest BCUT2D eigenvalue weighted by atomic mass is 9.97. The summed E-state index contributed by atoms with van der Waals surface area (Å²) in [6, 6.07) is 17.5.